The van der Waals surface area contributed by atoms with Gasteiger partial charge in [0.05, 0.1) is 6.33 Å². The van der Waals surface area contributed by atoms with Crippen LogP contribution in [0.1, 0.15) is 31.5 Å². The normalized spacial score (nSPS) is 18.6. The van der Waals surface area contributed by atoms with Crippen molar-refractivity contribution in [2.45, 2.75) is 37.6 Å². The molecule has 19 heavy (non-hydrogen) atoms. The van der Waals surface area contributed by atoms with E-state index in [4.69, 9.17) is 5.73 Å². The zero-order valence-corrected chi connectivity index (χ0v) is 10.5. The van der Waals surface area contributed by atoms with Crippen molar-refractivity contribution in [2.24, 2.45) is 5.73 Å². The molecule has 4 rings (SSSR count). The highest BCUT2D eigenvalue weighted by atomic mass is 15.3. The van der Waals surface area contributed by atoms with Gasteiger partial charge < -0.3 is 10.7 Å². The number of H-pyrrole nitrogens is 1. The van der Waals surface area contributed by atoms with Crippen LogP contribution in [0.2, 0.25) is 0 Å². The van der Waals surface area contributed by atoms with Crippen molar-refractivity contribution in [1.82, 2.24) is 29.5 Å². The van der Waals surface area contributed by atoms with Crippen molar-refractivity contribution < 1.29 is 0 Å². The number of nitrogens with one attached hydrogen (secondary N) is 1. The van der Waals surface area contributed by atoms with Crippen molar-refractivity contribution in [3.63, 3.8) is 0 Å². The largest absolute Gasteiger partial charge is 0.340 e. The zero-order chi connectivity index (χ0) is 12.9. The van der Waals surface area contributed by atoms with Crippen molar-refractivity contribution in [3.8, 4) is 0 Å². The number of nitrogens with zero attached hydrogens (tertiary/aromatic N) is 5. The predicted molar refractivity (Wildman–Crippen MR) is 69.5 cm³/mol. The predicted octanol–water partition coefficient (Wildman–Crippen LogP) is 0.815. The number of hydrogen-bond donors (Lipinski definition) is 2. The molecular formula is C12H15N7. The summed E-state index contributed by atoms with van der Waals surface area (Å²) in [5, 5.41) is 8.52. The van der Waals surface area contributed by atoms with E-state index >= 15 is 0 Å². The third kappa shape index (κ3) is 1.61. The van der Waals surface area contributed by atoms with E-state index in [1.54, 1.807) is 12.7 Å². The number of nitrogens with two attached hydrogens (primary N) is 1. The molecule has 0 radical (unpaired) electrons. The standard InChI is InChI=1S/C12H15N7/c13-12(3-1-2-4-12)5-8-17-18-11-9-10(15-6-14-9)16-7-19(8)11/h6-7H,1-5,13H2,(H,14,15). The first kappa shape index (κ1) is 10.9. The van der Waals surface area contributed by atoms with Crippen LogP contribution in [0.5, 0.6) is 0 Å². The Morgan fingerprint density at radius 1 is 1.26 bits per heavy atom. The summed E-state index contributed by atoms with van der Waals surface area (Å²) in [7, 11) is 0. The molecule has 0 amide bonds. The summed E-state index contributed by atoms with van der Waals surface area (Å²) in [6, 6.07) is 0. The van der Waals surface area contributed by atoms with Crippen LogP contribution < -0.4 is 5.73 Å². The summed E-state index contributed by atoms with van der Waals surface area (Å²) in [4.78, 5) is 11.5. The minimum Gasteiger partial charge on any atom is -0.340 e. The molecule has 0 aliphatic heterocycles. The van der Waals surface area contributed by atoms with Gasteiger partial charge in [0.1, 0.15) is 17.7 Å². The minimum atomic E-state index is -0.133. The van der Waals surface area contributed by atoms with Gasteiger partial charge in [0.25, 0.3) is 0 Å². The third-order valence-corrected chi connectivity index (χ3v) is 4.01. The fourth-order valence-corrected chi connectivity index (χ4v) is 2.97. The fraction of sp³-hybridized carbons (Fsp3) is 0.500. The molecule has 3 aromatic heterocycles. The number of hydrogen-bond acceptors (Lipinski definition) is 5. The Bertz CT molecular complexity index is 735. The van der Waals surface area contributed by atoms with E-state index in [0.29, 0.717) is 5.65 Å². The van der Waals surface area contributed by atoms with Crippen molar-refractivity contribution in [1.29, 1.82) is 0 Å². The summed E-state index contributed by atoms with van der Waals surface area (Å²) in [5.74, 6) is 0.878. The van der Waals surface area contributed by atoms with Crippen molar-refractivity contribution >= 4 is 16.8 Å². The molecule has 0 unspecified atom stereocenters. The summed E-state index contributed by atoms with van der Waals surface area (Å²) in [6.07, 6.45) is 8.62. The molecule has 0 atom stereocenters. The maximum atomic E-state index is 6.41. The molecule has 1 aliphatic carbocycles. The van der Waals surface area contributed by atoms with Crippen molar-refractivity contribution in [2.75, 3.05) is 0 Å². The highest BCUT2D eigenvalue weighted by Crippen LogP contribution is 2.30. The highest BCUT2D eigenvalue weighted by Gasteiger charge is 2.31. The first-order valence-corrected chi connectivity index (χ1v) is 6.56. The lowest BCUT2D eigenvalue weighted by Gasteiger charge is -2.21. The summed E-state index contributed by atoms with van der Waals surface area (Å²) < 4.78 is 1.91. The first-order chi connectivity index (χ1) is 9.25. The van der Waals surface area contributed by atoms with Crippen LogP contribution in [0.25, 0.3) is 16.8 Å². The van der Waals surface area contributed by atoms with E-state index in [9.17, 15) is 0 Å². The van der Waals surface area contributed by atoms with Gasteiger partial charge in [0, 0.05) is 12.0 Å². The van der Waals surface area contributed by atoms with E-state index in [1.807, 2.05) is 4.40 Å². The van der Waals surface area contributed by atoms with Gasteiger partial charge in [-0.25, -0.2) is 9.97 Å². The second-order valence-corrected chi connectivity index (χ2v) is 5.40. The second kappa shape index (κ2) is 3.74. The molecule has 0 aromatic carbocycles. The lowest BCUT2D eigenvalue weighted by Crippen LogP contribution is -2.39. The Morgan fingerprint density at radius 3 is 2.95 bits per heavy atom. The number of fused-ring (bicyclic) bond motifs is 3. The Balaban J connectivity index is 1.82. The number of aromatic amines is 1. The average Bonchev–Trinajstić information content (AvgIpc) is 3.08. The molecule has 3 heterocycles. The molecule has 3 N–H and O–H groups in total. The Labute approximate surface area is 109 Å². The lowest BCUT2D eigenvalue weighted by molar-refractivity contribution is 0.424. The summed E-state index contributed by atoms with van der Waals surface area (Å²) in [5.41, 5.74) is 8.52. The molecule has 1 saturated carbocycles. The van der Waals surface area contributed by atoms with Gasteiger partial charge in [-0.15, -0.1) is 10.2 Å². The minimum absolute atomic E-state index is 0.133. The summed E-state index contributed by atoms with van der Waals surface area (Å²) >= 11 is 0. The molecule has 0 bridgehead atoms. The van der Waals surface area contributed by atoms with Crippen LogP contribution in [-0.4, -0.2) is 35.1 Å². The second-order valence-electron chi connectivity index (χ2n) is 5.40. The molecule has 7 heteroatoms. The van der Waals surface area contributed by atoms with Gasteiger partial charge in [0.2, 0.25) is 0 Å². The van der Waals surface area contributed by atoms with Gasteiger partial charge in [-0.05, 0) is 12.8 Å². The Morgan fingerprint density at radius 2 is 2.11 bits per heavy atom. The molecule has 1 aliphatic rings. The number of imidazole rings is 1. The molecule has 7 nitrogen and oxygen atoms in total. The Hall–Kier alpha value is -2.02. The molecule has 98 valence electrons. The van der Waals surface area contributed by atoms with E-state index in [0.717, 1.165) is 36.3 Å². The zero-order valence-electron chi connectivity index (χ0n) is 10.5. The third-order valence-electron chi connectivity index (χ3n) is 4.01. The summed E-state index contributed by atoms with van der Waals surface area (Å²) in [6.45, 7) is 0. The van der Waals surface area contributed by atoms with Crippen LogP contribution in [0.4, 0.5) is 0 Å². The smallest absolute Gasteiger partial charge is 0.189 e. The quantitative estimate of drug-likeness (QED) is 0.708. The van der Waals surface area contributed by atoms with Crippen LogP contribution in [-0.2, 0) is 6.42 Å². The molecule has 0 spiro atoms. The Kier molecular flexibility index (Phi) is 2.14. The van der Waals surface area contributed by atoms with E-state index in [1.165, 1.54) is 12.8 Å². The average molecular weight is 257 g/mol. The van der Waals surface area contributed by atoms with E-state index in [-0.39, 0.29) is 5.54 Å². The van der Waals surface area contributed by atoms with Crippen LogP contribution in [0, 0.1) is 0 Å². The van der Waals surface area contributed by atoms with Crippen molar-refractivity contribution in [3.05, 3.63) is 18.5 Å². The number of rotatable bonds is 2. The maximum Gasteiger partial charge on any atom is 0.189 e. The van der Waals surface area contributed by atoms with Crippen LogP contribution in [0.15, 0.2) is 12.7 Å². The van der Waals surface area contributed by atoms with E-state index in [2.05, 4.69) is 25.1 Å². The van der Waals surface area contributed by atoms with Gasteiger partial charge >= 0.3 is 0 Å². The topological polar surface area (TPSA) is 97.8 Å². The maximum absolute atomic E-state index is 6.41. The first-order valence-electron chi connectivity index (χ1n) is 6.56. The van der Waals surface area contributed by atoms with Gasteiger partial charge in [0.15, 0.2) is 11.3 Å². The van der Waals surface area contributed by atoms with Gasteiger partial charge in [-0.2, -0.15) is 0 Å². The lowest BCUT2D eigenvalue weighted by atomic mass is 9.94. The van der Waals surface area contributed by atoms with Crippen LogP contribution >= 0.6 is 0 Å². The molecule has 1 fully saturated rings. The fourth-order valence-electron chi connectivity index (χ4n) is 2.97. The highest BCUT2D eigenvalue weighted by molar-refractivity contribution is 5.84. The van der Waals surface area contributed by atoms with E-state index < -0.39 is 0 Å². The molecule has 3 aromatic rings. The van der Waals surface area contributed by atoms with Gasteiger partial charge in [-0.3, -0.25) is 4.40 Å². The van der Waals surface area contributed by atoms with Gasteiger partial charge in [-0.1, -0.05) is 12.8 Å². The number of aromatic nitrogens is 6. The molecule has 0 saturated heterocycles. The molecular weight excluding hydrogens is 242 g/mol. The van der Waals surface area contributed by atoms with Crippen LogP contribution in [0.3, 0.4) is 0 Å². The monoisotopic (exact) mass is 257 g/mol. The SMILES string of the molecule is NC1(Cc2nnc3c4[nH]cnc4ncn23)CCCC1.